The summed E-state index contributed by atoms with van der Waals surface area (Å²) in [6.45, 7) is 7.35. The van der Waals surface area contributed by atoms with Gasteiger partial charge in [-0.1, -0.05) is 74.8 Å². The molecular formula is C28H37ClN4O5. The molecule has 0 aliphatic carbocycles. The first kappa shape index (κ1) is 30.6. The Morgan fingerprint density at radius 2 is 1.66 bits per heavy atom. The lowest BCUT2D eigenvalue weighted by Crippen LogP contribution is -2.61. The zero-order valence-electron chi connectivity index (χ0n) is 22.5. The average molecular weight is 545 g/mol. The largest absolute Gasteiger partial charge is 0.495 e. The summed E-state index contributed by atoms with van der Waals surface area (Å²) in [6.07, 6.45) is 0.513. The Morgan fingerprint density at radius 3 is 2.26 bits per heavy atom. The lowest BCUT2D eigenvalue weighted by atomic mass is 9.91. The molecule has 38 heavy (non-hydrogen) atoms. The van der Waals surface area contributed by atoms with Crippen molar-refractivity contribution in [1.29, 1.82) is 0 Å². The summed E-state index contributed by atoms with van der Waals surface area (Å²) in [4.78, 5) is 51.6. The molecule has 2 rings (SSSR count). The normalized spacial score (nSPS) is 13.1. The van der Waals surface area contributed by atoms with Gasteiger partial charge in [-0.15, -0.1) is 0 Å². The molecule has 0 aliphatic rings. The van der Waals surface area contributed by atoms with Gasteiger partial charge in [-0.2, -0.15) is 0 Å². The Labute approximate surface area is 229 Å². The second-order valence-corrected chi connectivity index (χ2v) is 10.0. The summed E-state index contributed by atoms with van der Waals surface area (Å²) in [5.74, 6) is -1.71. The topological polar surface area (TPSA) is 126 Å². The molecule has 0 spiro atoms. The van der Waals surface area contributed by atoms with E-state index in [-0.39, 0.29) is 18.9 Å². The molecule has 0 saturated heterocycles. The molecule has 2 aromatic carbocycles. The van der Waals surface area contributed by atoms with Crippen LogP contribution in [0.3, 0.4) is 0 Å². The van der Waals surface area contributed by atoms with E-state index in [1.807, 2.05) is 44.2 Å². The predicted molar refractivity (Wildman–Crippen MR) is 147 cm³/mol. The van der Waals surface area contributed by atoms with Gasteiger partial charge in [0.1, 0.15) is 17.3 Å². The molecule has 2 atom stereocenters. The molecule has 0 radical (unpaired) electrons. The summed E-state index contributed by atoms with van der Waals surface area (Å²) < 4.78 is 5.28. The number of methoxy groups -OCH3 is 1. The van der Waals surface area contributed by atoms with Gasteiger partial charge < -0.3 is 26.0 Å². The van der Waals surface area contributed by atoms with Crippen LogP contribution in [-0.2, 0) is 27.5 Å². The van der Waals surface area contributed by atoms with E-state index in [1.165, 1.54) is 14.0 Å². The van der Waals surface area contributed by atoms with Crippen molar-refractivity contribution in [3.63, 3.8) is 0 Å². The average Bonchev–Trinajstić information content (AvgIpc) is 2.89. The predicted octanol–water partition coefficient (Wildman–Crippen LogP) is 3.73. The second-order valence-electron chi connectivity index (χ2n) is 9.61. The van der Waals surface area contributed by atoms with E-state index in [0.717, 1.165) is 5.56 Å². The molecule has 9 nitrogen and oxygen atoms in total. The minimum Gasteiger partial charge on any atom is -0.495 e. The van der Waals surface area contributed by atoms with Crippen LogP contribution in [-0.4, -0.2) is 42.3 Å². The third-order valence-corrected chi connectivity index (χ3v) is 6.43. The van der Waals surface area contributed by atoms with Crippen LogP contribution in [0.25, 0.3) is 0 Å². The van der Waals surface area contributed by atoms with Crippen LogP contribution in [0.15, 0.2) is 48.5 Å². The second kappa shape index (κ2) is 14.4. The third-order valence-electron chi connectivity index (χ3n) is 6.13. The van der Waals surface area contributed by atoms with E-state index >= 15 is 0 Å². The first-order valence-electron chi connectivity index (χ1n) is 12.5. The van der Waals surface area contributed by atoms with Crippen molar-refractivity contribution in [2.45, 2.75) is 65.2 Å². The Hall–Kier alpha value is -3.59. The number of benzene rings is 2. The number of ether oxygens (including phenoxy) is 1. The number of carbonyl (C=O) groups excluding carboxylic acids is 4. The molecule has 0 bridgehead atoms. The molecule has 0 aliphatic heterocycles. The fourth-order valence-corrected chi connectivity index (χ4v) is 4.05. The molecule has 0 saturated carbocycles. The van der Waals surface area contributed by atoms with Gasteiger partial charge in [0.05, 0.1) is 12.1 Å². The SMILES string of the molecule is CC[C@](C)(NC(=O)[C@H](CC(C)C)NC(=O)NCc1ccccc1)C(=O)C(=O)NCc1cccc(Cl)c1OC. The number of amides is 4. The minimum absolute atomic E-state index is 0.0150. The fourth-order valence-electron chi connectivity index (χ4n) is 3.78. The maximum Gasteiger partial charge on any atom is 0.315 e. The number of carbonyl (C=O) groups is 4. The lowest BCUT2D eigenvalue weighted by Gasteiger charge is -2.30. The van der Waals surface area contributed by atoms with E-state index in [1.54, 1.807) is 25.1 Å². The monoisotopic (exact) mass is 544 g/mol. The van der Waals surface area contributed by atoms with Crippen LogP contribution >= 0.6 is 11.6 Å². The maximum absolute atomic E-state index is 13.2. The van der Waals surface area contributed by atoms with Gasteiger partial charge in [0.15, 0.2) is 0 Å². The molecule has 0 fully saturated rings. The van der Waals surface area contributed by atoms with Crippen molar-refractivity contribution in [3.05, 3.63) is 64.7 Å². The quantitative estimate of drug-likeness (QED) is 0.286. The van der Waals surface area contributed by atoms with Crippen LogP contribution in [0.1, 0.15) is 51.7 Å². The maximum atomic E-state index is 13.2. The molecule has 0 unspecified atom stereocenters. The number of hydrogen-bond acceptors (Lipinski definition) is 5. The van der Waals surface area contributed by atoms with Crippen molar-refractivity contribution < 1.29 is 23.9 Å². The Kier molecular flexibility index (Phi) is 11.6. The summed E-state index contributed by atoms with van der Waals surface area (Å²) in [7, 11) is 1.46. The number of para-hydroxylation sites is 1. The highest BCUT2D eigenvalue weighted by atomic mass is 35.5. The highest BCUT2D eigenvalue weighted by Gasteiger charge is 2.39. The molecule has 4 amide bonds. The van der Waals surface area contributed by atoms with E-state index in [4.69, 9.17) is 16.3 Å². The number of halogens is 1. The standard InChI is InChI=1S/C28H37ClN4O5/c1-6-28(4,24(34)26(36)30-17-20-13-10-14-21(29)23(20)38-5)33-25(35)22(15-18(2)3)32-27(37)31-16-19-11-8-7-9-12-19/h7-14,18,22H,6,15-17H2,1-5H3,(H,30,36)(H,33,35)(H2,31,32,37)/t22-,28-/m0/s1. The molecule has 10 heteroatoms. The van der Waals surface area contributed by atoms with Gasteiger partial charge in [-0.25, -0.2) is 4.79 Å². The minimum atomic E-state index is -1.48. The van der Waals surface area contributed by atoms with Gasteiger partial charge in [0.2, 0.25) is 11.7 Å². The van der Waals surface area contributed by atoms with Crippen molar-refractivity contribution in [3.8, 4) is 5.75 Å². The molecule has 0 heterocycles. The Bertz CT molecular complexity index is 1130. The van der Waals surface area contributed by atoms with Crippen molar-refractivity contribution >= 4 is 35.2 Å². The molecule has 206 valence electrons. The first-order valence-corrected chi connectivity index (χ1v) is 12.9. The molecule has 0 aromatic heterocycles. The van der Waals surface area contributed by atoms with Crippen LogP contribution in [0.5, 0.6) is 5.75 Å². The van der Waals surface area contributed by atoms with Gasteiger partial charge in [-0.05, 0) is 37.3 Å². The summed E-state index contributed by atoms with van der Waals surface area (Å²) in [5.41, 5.74) is 0.0426. The van der Waals surface area contributed by atoms with Gasteiger partial charge in [-0.3, -0.25) is 14.4 Å². The number of ketones is 1. The van der Waals surface area contributed by atoms with Gasteiger partial charge >= 0.3 is 6.03 Å². The Morgan fingerprint density at radius 1 is 0.974 bits per heavy atom. The van der Waals surface area contributed by atoms with Crippen LogP contribution < -0.4 is 26.0 Å². The molecule has 4 N–H and O–H groups in total. The summed E-state index contributed by atoms with van der Waals surface area (Å²) in [6, 6.07) is 13.1. The highest BCUT2D eigenvalue weighted by Crippen LogP contribution is 2.28. The first-order chi connectivity index (χ1) is 18.0. The highest BCUT2D eigenvalue weighted by molar-refractivity contribution is 6.39. The van der Waals surface area contributed by atoms with Crippen LogP contribution in [0.4, 0.5) is 4.79 Å². The number of urea groups is 1. The number of Topliss-reactive ketones (excluding diaryl/α,β-unsaturated/α-hetero) is 1. The smallest absolute Gasteiger partial charge is 0.315 e. The fraction of sp³-hybridized carbons (Fsp3) is 0.429. The van der Waals surface area contributed by atoms with E-state index in [0.29, 0.717) is 29.3 Å². The van der Waals surface area contributed by atoms with E-state index in [9.17, 15) is 19.2 Å². The van der Waals surface area contributed by atoms with E-state index < -0.39 is 35.2 Å². The zero-order chi connectivity index (χ0) is 28.3. The van der Waals surface area contributed by atoms with Crippen LogP contribution in [0, 0.1) is 5.92 Å². The zero-order valence-corrected chi connectivity index (χ0v) is 23.3. The van der Waals surface area contributed by atoms with E-state index in [2.05, 4.69) is 21.3 Å². The molecular weight excluding hydrogens is 508 g/mol. The number of rotatable bonds is 13. The van der Waals surface area contributed by atoms with Gasteiger partial charge in [0, 0.05) is 18.7 Å². The lowest BCUT2D eigenvalue weighted by molar-refractivity contribution is -0.143. The molecule has 2 aromatic rings. The Balaban J connectivity index is 2.05. The summed E-state index contributed by atoms with van der Waals surface area (Å²) in [5, 5.41) is 11.1. The summed E-state index contributed by atoms with van der Waals surface area (Å²) >= 11 is 6.13. The van der Waals surface area contributed by atoms with Gasteiger partial charge in [0.25, 0.3) is 5.91 Å². The van der Waals surface area contributed by atoms with Crippen molar-refractivity contribution in [1.82, 2.24) is 21.3 Å². The third kappa shape index (κ3) is 8.76. The van der Waals surface area contributed by atoms with Crippen LogP contribution in [0.2, 0.25) is 5.02 Å². The van der Waals surface area contributed by atoms with Crippen molar-refractivity contribution in [2.24, 2.45) is 5.92 Å². The number of hydrogen-bond donors (Lipinski definition) is 4. The van der Waals surface area contributed by atoms with Crippen molar-refractivity contribution in [2.75, 3.05) is 7.11 Å². The number of nitrogens with one attached hydrogen (secondary N) is 4.